The van der Waals surface area contributed by atoms with Gasteiger partial charge in [0.15, 0.2) is 12.1 Å². The zero-order valence-electron chi connectivity index (χ0n) is 15.7. The highest BCUT2D eigenvalue weighted by atomic mass is 16.7. The lowest BCUT2D eigenvalue weighted by Gasteiger charge is -2.49. The smallest absolute Gasteiger partial charge is 0.184 e. The number of hydrogen-bond donors (Lipinski definition) is 1. The van der Waals surface area contributed by atoms with Crippen molar-refractivity contribution in [3.05, 3.63) is 40.3 Å². The second-order valence-electron chi connectivity index (χ2n) is 7.12. The molecule has 0 amide bonds. The minimum atomic E-state index is -1.25. The summed E-state index contributed by atoms with van der Waals surface area (Å²) in [6, 6.07) is 7.40. The third kappa shape index (κ3) is 4.19. The van der Waals surface area contributed by atoms with Crippen LogP contribution in [0.25, 0.3) is 10.4 Å². The number of azide groups is 1. The number of aliphatic hydroxyl groups is 1. The zero-order valence-corrected chi connectivity index (χ0v) is 15.7. The van der Waals surface area contributed by atoms with Crippen molar-refractivity contribution in [3.63, 3.8) is 0 Å². The molecule has 0 radical (unpaired) electrons. The molecule has 0 bridgehead atoms. The van der Waals surface area contributed by atoms with E-state index in [0.717, 1.165) is 11.3 Å². The quantitative estimate of drug-likeness (QED) is 0.478. The molecule has 0 aliphatic carbocycles. The fourth-order valence-electron chi connectivity index (χ4n) is 3.31. The maximum absolute atomic E-state index is 9.96. The van der Waals surface area contributed by atoms with Crippen LogP contribution in [0.2, 0.25) is 0 Å². The molecule has 2 saturated heterocycles. The Morgan fingerprint density at radius 1 is 1.33 bits per heavy atom. The van der Waals surface area contributed by atoms with Gasteiger partial charge in [-0.1, -0.05) is 17.2 Å². The maximum Gasteiger partial charge on any atom is 0.184 e. The number of ether oxygens (including phenoxy) is 5. The van der Waals surface area contributed by atoms with Gasteiger partial charge < -0.3 is 28.8 Å². The van der Waals surface area contributed by atoms with Crippen molar-refractivity contribution in [1.29, 1.82) is 0 Å². The molecule has 0 aromatic heterocycles. The molecule has 3 rings (SSSR count). The molecule has 9 nitrogen and oxygen atoms in total. The van der Waals surface area contributed by atoms with Crippen molar-refractivity contribution < 1.29 is 28.8 Å². The Labute approximate surface area is 157 Å². The van der Waals surface area contributed by atoms with Crippen LogP contribution >= 0.6 is 0 Å². The summed E-state index contributed by atoms with van der Waals surface area (Å²) in [7, 11) is 1.60. The molecule has 1 aromatic carbocycles. The summed E-state index contributed by atoms with van der Waals surface area (Å²) in [4.78, 5) is 2.90. The van der Waals surface area contributed by atoms with Crippen molar-refractivity contribution in [2.24, 2.45) is 5.11 Å². The molecule has 2 heterocycles. The number of benzene rings is 1. The Hall–Kier alpha value is -1.87. The van der Waals surface area contributed by atoms with Crippen LogP contribution in [0.1, 0.15) is 32.1 Å². The van der Waals surface area contributed by atoms with Gasteiger partial charge in [0.25, 0.3) is 0 Å². The van der Waals surface area contributed by atoms with E-state index in [0.29, 0.717) is 13.0 Å². The summed E-state index contributed by atoms with van der Waals surface area (Å²) in [5.74, 6) is -0.144. The first-order valence-corrected chi connectivity index (χ1v) is 8.83. The average molecular weight is 379 g/mol. The Kier molecular flexibility index (Phi) is 5.90. The lowest BCUT2D eigenvalue weighted by atomic mass is 9.87. The first-order valence-electron chi connectivity index (χ1n) is 8.83. The van der Waals surface area contributed by atoms with Crippen molar-refractivity contribution in [2.75, 3.05) is 26.9 Å². The molecule has 0 saturated carbocycles. The summed E-state index contributed by atoms with van der Waals surface area (Å²) in [6.45, 7) is 3.63. The Morgan fingerprint density at radius 3 is 2.70 bits per heavy atom. The molecule has 2 aliphatic rings. The van der Waals surface area contributed by atoms with Gasteiger partial charge in [-0.15, -0.1) is 0 Å². The van der Waals surface area contributed by atoms with Crippen LogP contribution in [-0.2, 0) is 18.9 Å². The Morgan fingerprint density at radius 2 is 2.07 bits per heavy atom. The van der Waals surface area contributed by atoms with Crippen LogP contribution in [0.4, 0.5) is 0 Å². The summed E-state index contributed by atoms with van der Waals surface area (Å²) in [6.07, 6.45) is -1.17. The van der Waals surface area contributed by atoms with Gasteiger partial charge in [-0.25, -0.2) is 0 Å². The molecule has 0 unspecified atom stereocenters. The van der Waals surface area contributed by atoms with Crippen molar-refractivity contribution >= 4 is 0 Å². The summed E-state index contributed by atoms with van der Waals surface area (Å²) >= 11 is 0. The van der Waals surface area contributed by atoms with E-state index in [-0.39, 0.29) is 6.61 Å². The largest absolute Gasteiger partial charge is 0.497 e. The molecule has 1 aromatic rings. The number of hydrogen-bond acceptors (Lipinski definition) is 7. The minimum Gasteiger partial charge on any atom is -0.497 e. The summed E-state index contributed by atoms with van der Waals surface area (Å²) in [5.41, 5.74) is 8.58. The highest BCUT2D eigenvalue weighted by Gasteiger charge is 2.52. The monoisotopic (exact) mass is 379 g/mol. The standard InChI is InChI=1S/C18H25N3O6/c1-17(2)25-11-18(10-22,20-21-19)15(27-17)14-8-9-24-16(26-14)12-4-6-13(23-3)7-5-12/h4-7,14-16,22H,8-11H2,1-3H3/t14-,15+,16-,18-/m1/s1. The van der Waals surface area contributed by atoms with Gasteiger partial charge in [-0.3, -0.25) is 0 Å². The third-order valence-electron chi connectivity index (χ3n) is 4.82. The van der Waals surface area contributed by atoms with E-state index in [9.17, 15) is 5.11 Å². The van der Waals surface area contributed by atoms with Crippen molar-refractivity contribution in [2.45, 2.75) is 50.1 Å². The molecule has 27 heavy (non-hydrogen) atoms. The summed E-state index contributed by atoms with van der Waals surface area (Å²) < 4.78 is 28.8. The fraction of sp³-hybridized carbons (Fsp3) is 0.667. The van der Waals surface area contributed by atoms with E-state index >= 15 is 0 Å². The van der Waals surface area contributed by atoms with Crippen LogP contribution in [-0.4, -0.2) is 55.6 Å². The number of nitrogens with zero attached hydrogens (tertiary/aromatic N) is 3. The molecule has 9 heteroatoms. The topological polar surface area (TPSA) is 115 Å². The van der Waals surface area contributed by atoms with Gasteiger partial charge in [0.05, 0.1) is 33.0 Å². The normalized spacial score (nSPS) is 33.1. The second-order valence-corrected chi connectivity index (χ2v) is 7.12. The second kappa shape index (κ2) is 8.02. The molecule has 1 N–H and O–H groups in total. The molecular weight excluding hydrogens is 354 g/mol. The zero-order chi connectivity index (χ0) is 19.5. The average Bonchev–Trinajstić information content (AvgIpc) is 2.69. The molecule has 2 aliphatic heterocycles. The van der Waals surface area contributed by atoms with Gasteiger partial charge >= 0.3 is 0 Å². The number of aliphatic hydroxyl groups excluding tert-OH is 1. The van der Waals surface area contributed by atoms with Crippen LogP contribution in [0, 0.1) is 0 Å². The maximum atomic E-state index is 9.96. The van der Waals surface area contributed by atoms with E-state index in [4.69, 9.17) is 29.2 Å². The van der Waals surface area contributed by atoms with Crippen molar-refractivity contribution in [3.8, 4) is 5.75 Å². The number of methoxy groups -OCH3 is 1. The van der Waals surface area contributed by atoms with Gasteiger partial charge in [0.2, 0.25) is 0 Å². The van der Waals surface area contributed by atoms with Gasteiger partial charge in [0.1, 0.15) is 17.4 Å². The van der Waals surface area contributed by atoms with Crippen LogP contribution in [0.3, 0.4) is 0 Å². The van der Waals surface area contributed by atoms with E-state index < -0.39 is 36.4 Å². The van der Waals surface area contributed by atoms with Crippen LogP contribution < -0.4 is 4.74 Å². The van der Waals surface area contributed by atoms with Gasteiger partial charge in [-0.05, 0) is 37.9 Å². The highest BCUT2D eigenvalue weighted by Crippen LogP contribution is 2.39. The first-order chi connectivity index (χ1) is 12.9. The van der Waals surface area contributed by atoms with E-state index in [1.807, 2.05) is 24.3 Å². The Balaban J connectivity index is 1.83. The molecule has 2 fully saturated rings. The van der Waals surface area contributed by atoms with Crippen molar-refractivity contribution in [1.82, 2.24) is 0 Å². The van der Waals surface area contributed by atoms with Gasteiger partial charge in [-0.2, -0.15) is 0 Å². The Bertz CT molecular complexity index is 691. The minimum absolute atomic E-state index is 0.0408. The van der Waals surface area contributed by atoms with E-state index in [2.05, 4.69) is 10.0 Å². The fourth-order valence-corrected chi connectivity index (χ4v) is 3.31. The predicted molar refractivity (Wildman–Crippen MR) is 95.0 cm³/mol. The van der Waals surface area contributed by atoms with E-state index in [1.165, 1.54) is 0 Å². The molecule has 148 valence electrons. The third-order valence-corrected chi connectivity index (χ3v) is 4.82. The van der Waals surface area contributed by atoms with Crippen LogP contribution in [0.5, 0.6) is 5.75 Å². The highest BCUT2D eigenvalue weighted by molar-refractivity contribution is 5.28. The number of rotatable bonds is 5. The molecule has 0 spiro atoms. The lowest BCUT2D eigenvalue weighted by molar-refractivity contribution is -0.340. The predicted octanol–water partition coefficient (Wildman–Crippen LogP) is 2.69. The molecule has 4 atom stereocenters. The SMILES string of the molecule is COc1ccc([C@@H]2OCC[C@H]([C@@H]3OC(C)(C)OC[C@@]3(CO)N=[N+]=[N-])O2)cc1. The van der Waals surface area contributed by atoms with Crippen LogP contribution in [0.15, 0.2) is 29.4 Å². The lowest BCUT2D eigenvalue weighted by Crippen LogP contribution is -2.63. The van der Waals surface area contributed by atoms with Gasteiger partial charge in [0, 0.05) is 10.5 Å². The van der Waals surface area contributed by atoms with E-state index in [1.54, 1.807) is 21.0 Å². The molecular formula is C18H25N3O6. The summed E-state index contributed by atoms with van der Waals surface area (Å²) in [5, 5.41) is 13.8. The first kappa shape index (κ1) is 19.9.